The van der Waals surface area contributed by atoms with Crippen LogP contribution in [0.1, 0.15) is 73.2 Å². The third-order valence-corrected chi connectivity index (χ3v) is 5.54. The van der Waals surface area contributed by atoms with Gasteiger partial charge in [-0.25, -0.2) is 4.89 Å². The van der Waals surface area contributed by atoms with Gasteiger partial charge in [-0.1, -0.05) is 99.3 Å². The minimum absolute atomic E-state index is 0.0139. The number of benzene rings is 3. The highest BCUT2D eigenvalue weighted by Crippen LogP contribution is 2.36. The molecule has 0 aromatic heterocycles. The zero-order valence-electron chi connectivity index (χ0n) is 17.4. The summed E-state index contributed by atoms with van der Waals surface area (Å²) in [4.78, 5) is 24.2. The van der Waals surface area contributed by atoms with Crippen molar-refractivity contribution in [2.45, 2.75) is 58.0 Å². The van der Waals surface area contributed by atoms with Crippen molar-refractivity contribution < 1.29 is 19.3 Å². The van der Waals surface area contributed by atoms with E-state index < -0.39 is 6.29 Å². The molecule has 0 aliphatic carbocycles. The molecule has 156 valence electrons. The third kappa shape index (κ3) is 4.62. The quantitative estimate of drug-likeness (QED) is 0.225. The van der Waals surface area contributed by atoms with Gasteiger partial charge in [0.1, 0.15) is 0 Å². The maximum Gasteiger partial charge on any atom is 0.220 e. The maximum atomic E-state index is 13.2. The SMILES string of the molecule is CCCCCCCC1OOC(c2cccc3cccc(C(=O)c4ccccc4)c23)O1. The van der Waals surface area contributed by atoms with Crippen LogP contribution in [0.2, 0.25) is 0 Å². The molecule has 30 heavy (non-hydrogen) atoms. The summed E-state index contributed by atoms with van der Waals surface area (Å²) in [6.07, 6.45) is 5.75. The first-order valence-electron chi connectivity index (χ1n) is 10.9. The lowest BCUT2D eigenvalue weighted by atomic mass is 9.94. The zero-order valence-corrected chi connectivity index (χ0v) is 17.4. The van der Waals surface area contributed by atoms with Crippen LogP contribution in [0.4, 0.5) is 0 Å². The lowest BCUT2D eigenvalue weighted by Gasteiger charge is -2.14. The largest absolute Gasteiger partial charge is 0.313 e. The zero-order chi connectivity index (χ0) is 20.8. The molecule has 1 aliphatic rings. The number of hydrogen-bond donors (Lipinski definition) is 0. The number of ketones is 1. The molecule has 2 unspecified atom stereocenters. The molecular weight excluding hydrogens is 376 g/mol. The topological polar surface area (TPSA) is 44.8 Å². The van der Waals surface area contributed by atoms with Crippen LogP contribution in [0.25, 0.3) is 10.8 Å². The van der Waals surface area contributed by atoms with Gasteiger partial charge in [0.15, 0.2) is 12.1 Å². The molecule has 0 bridgehead atoms. The van der Waals surface area contributed by atoms with Crippen molar-refractivity contribution in [3.63, 3.8) is 0 Å². The first-order valence-corrected chi connectivity index (χ1v) is 10.9. The van der Waals surface area contributed by atoms with Crippen LogP contribution in [0.3, 0.4) is 0 Å². The van der Waals surface area contributed by atoms with Crippen molar-refractivity contribution in [3.05, 3.63) is 83.4 Å². The van der Waals surface area contributed by atoms with E-state index >= 15 is 0 Å². The molecule has 4 nitrogen and oxygen atoms in total. The summed E-state index contributed by atoms with van der Waals surface area (Å²) in [5.74, 6) is -0.0139. The Kier molecular flexibility index (Phi) is 6.90. The van der Waals surface area contributed by atoms with Crippen molar-refractivity contribution >= 4 is 16.6 Å². The Morgan fingerprint density at radius 3 is 2.40 bits per heavy atom. The van der Waals surface area contributed by atoms with E-state index in [-0.39, 0.29) is 12.1 Å². The van der Waals surface area contributed by atoms with Gasteiger partial charge >= 0.3 is 0 Å². The molecular formula is C26H28O4. The average Bonchev–Trinajstić information content (AvgIpc) is 3.27. The molecule has 0 amide bonds. The van der Waals surface area contributed by atoms with Crippen LogP contribution in [-0.2, 0) is 14.5 Å². The average molecular weight is 405 g/mol. The Morgan fingerprint density at radius 2 is 1.60 bits per heavy atom. The van der Waals surface area contributed by atoms with Crippen molar-refractivity contribution in [2.75, 3.05) is 0 Å². The molecule has 0 radical (unpaired) electrons. The number of rotatable bonds is 9. The molecule has 2 atom stereocenters. The third-order valence-electron chi connectivity index (χ3n) is 5.54. The predicted octanol–water partition coefficient (Wildman–Crippen LogP) is 6.73. The first-order chi connectivity index (χ1) is 14.8. The van der Waals surface area contributed by atoms with Crippen LogP contribution in [-0.4, -0.2) is 12.1 Å². The van der Waals surface area contributed by atoms with Gasteiger partial charge in [-0.05, 0) is 11.8 Å². The van der Waals surface area contributed by atoms with Crippen LogP contribution in [0.5, 0.6) is 0 Å². The van der Waals surface area contributed by atoms with E-state index in [1.807, 2.05) is 66.7 Å². The minimum Gasteiger partial charge on any atom is -0.313 e. The van der Waals surface area contributed by atoms with Gasteiger partial charge in [-0.15, -0.1) is 0 Å². The Bertz CT molecular complexity index is 977. The number of hydrogen-bond acceptors (Lipinski definition) is 4. The second-order valence-electron chi connectivity index (χ2n) is 7.74. The van der Waals surface area contributed by atoms with E-state index in [1.165, 1.54) is 25.7 Å². The van der Waals surface area contributed by atoms with Gasteiger partial charge in [0.05, 0.1) is 0 Å². The second kappa shape index (κ2) is 9.98. The standard InChI is InChI=1S/C26H28O4/c1-2-3-4-5-9-18-23-28-26(30-29-23)22-17-11-15-19-14-10-16-21(24(19)22)25(27)20-12-7-6-8-13-20/h6-8,10-17,23,26H,2-5,9,18H2,1H3. The molecule has 0 saturated carbocycles. The van der Waals surface area contributed by atoms with Gasteiger partial charge in [0.25, 0.3) is 0 Å². The summed E-state index contributed by atoms with van der Waals surface area (Å²) in [5.41, 5.74) is 2.12. The number of carbonyl (C=O) groups is 1. The normalized spacial score (nSPS) is 18.7. The maximum absolute atomic E-state index is 13.2. The van der Waals surface area contributed by atoms with E-state index in [9.17, 15) is 4.79 Å². The fourth-order valence-electron chi connectivity index (χ4n) is 3.95. The predicted molar refractivity (Wildman–Crippen MR) is 117 cm³/mol. The summed E-state index contributed by atoms with van der Waals surface area (Å²) in [5, 5.41) is 1.83. The molecule has 0 spiro atoms. The Hall–Kier alpha value is -2.53. The van der Waals surface area contributed by atoms with Gasteiger partial charge < -0.3 is 4.74 Å². The summed E-state index contributed by atoms with van der Waals surface area (Å²) in [6.45, 7) is 2.21. The fourth-order valence-corrected chi connectivity index (χ4v) is 3.95. The summed E-state index contributed by atoms with van der Waals surface area (Å²) in [6, 6.07) is 21.0. The van der Waals surface area contributed by atoms with Crippen LogP contribution >= 0.6 is 0 Å². The Labute approximate surface area is 177 Å². The van der Waals surface area contributed by atoms with E-state index in [2.05, 4.69) is 6.92 Å². The molecule has 3 aromatic rings. The van der Waals surface area contributed by atoms with Gasteiger partial charge in [0.2, 0.25) is 6.29 Å². The van der Waals surface area contributed by atoms with E-state index in [1.54, 1.807) is 0 Å². The molecule has 1 heterocycles. The lowest BCUT2D eigenvalue weighted by molar-refractivity contribution is -0.299. The fraction of sp³-hybridized carbons (Fsp3) is 0.346. The van der Waals surface area contributed by atoms with Crippen LogP contribution < -0.4 is 0 Å². The second-order valence-corrected chi connectivity index (χ2v) is 7.74. The van der Waals surface area contributed by atoms with Crippen molar-refractivity contribution in [2.24, 2.45) is 0 Å². The monoisotopic (exact) mass is 404 g/mol. The van der Waals surface area contributed by atoms with Crippen molar-refractivity contribution in [1.82, 2.24) is 0 Å². The molecule has 1 aliphatic heterocycles. The number of fused-ring (bicyclic) bond motifs is 1. The van der Waals surface area contributed by atoms with Crippen molar-refractivity contribution in [3.8, 4) is 0 Å². The Morgan fingerprint density at radius 1 is 0.833 bits per heavy atom. The van der Waals surface area contributed by atoms with Crippen LogP contribution in [0.15, 0.2) is 66.7 Å². The Balaban J connectivity index is 1.56. The summed E-state index contributed by atoms with van der Waals surface area (Å²) in [7, 11) is 0. The molecule has 4 heteroatoms. The molecule has 4 rings (SSSR count). The highest BCUT2D eigenvalue weighted by atomic mass is 17.3. The molecule has 1 fully saturated rings. The lowest BCUT2D eigenvalue weighted by Crippen LogP contribution is -2.09. The molecule has 1 saturated heterocycles. The summed E-state index contributed by atoms with van der Waals surface area (Å²) < 4.78 is 6.05. The van der Waals surface area contributed by atoms with E-state index in [4.69, 9.17) is 14.5 Å². The molecule has 3 aromatic carbocycles. The number of unbranched alkanes of at least 4 members (excludes halogenated alkanes) is 4. The summed E-state index contributed by atoms with van der Waals surface area (Å²) >= 11 is 0. The minimum atomic E-state index is -0.640. The highest BCUT2D eigenvalue weighted by molar-refractivity contribution is 6.17. The molecule has 0 N–H and O–H groups in total. The van der Waals surface area contributed by atoms with E-state index in [0.29, 0.717) is 11.1 Å². The first kappa shape index (κ1) is 20.7. The van der Waals surface area contributed by atoms with Gasteiger partial charge in [0, 0.05) is 28.5 Å². The smallest absolute Gasteiger partial charge is 0.220 e. The van der Waals surface area contributed by atoms with Gasteiger partial charge in [-0.2, -0.15) is 4.89 Å². The van der Waals surface area contributed by atoms with E-state index in [0.717, 1.165) is 29.2 Å². The van der Waals surface area contributed by atoms with Crippen LogP contribution in [0, 0.1) is 0 Å². The number of carbonyl (C=O) groups excluding carboxylic acids is 1. The number of ether oxygens (including phenoxy) is 1. The van der Waals surface area contributed by atoms with Crippen molar-refractivity contribution in [1.29, 1.82) is 0 Å². The highest BCUT2D eigenvalue weighted by Gasteiger charge is 2.31. The van der Waals surface area contributed by atoms with Gasteiger partial charge in [-0.3, -0.25) is 4.79 Å².